The molecule has 1 fully saturated rings. The lowest BCUT2D eigenvalue weighted by molar-refractivity contribution is -0.143. The monoisotopic (exact) mass is 505 g/mol. The number of nitrogens with zero attached hydrogens (tertiary/aromatic N) is 1. The van der Waals surface area contributed by atoms with E-state index in [0.717, 1.165) is 42.4 Å². The van der Waals surface area contributed by atoms with E-state index in [4.69, 9.17) is 4.74 Å². The molecule has 1 aliphatic carbocycles. The second-order valence-corrected chi connectivity index (χ2v) is 11.3. The maximum absolute atomic E-state index is 14.1. The molecule has 35 heavy (non-hydrogen) atoms. The summed E-state index contributed by atoms with van der Waals surface area (Å²) in [4.78, 5) is 42.0. The Balaban J connectivity index is 2.45. The quantitative estimate of drug-likeness (QED) is 0.395. The van der Waals surface area contributed by atoms with Gasteiger partial charge in [0.15, 0.2) is 0 Å². The zero-order valence-electron chi connectivity index (χ0n) is 22.4. The first-order valence-electron chi connectivity index (χ1n) is 12.6. The highest BCUT2D eigenvalue weighted by Gasteiger charge is 2.44. The van der Waals surface area contributed by atoms with E-state index >= 15 is 0 Å². The summed E-state index contributed by atoms with van der Waals surface area (Å²) >= 11 is 1.61. The Labute approximate surface area is 215 Å². The Hall–Kier alpha value is -2.22. The molecule has 0 radical (unpaired) electrons. The van der Waals surface area contributed by atoms with Gasteiger partial charge in [0, 0.05) is 12.6 Å². The zero-order chi connectivity index (χ0) is 26.2. The van der Waals surface area contributed by atoms with Crippen molar-refractivity contribution in [3.63, 3.8) is 0 Å². The van der Waals surface area contributed by atoms with Crippen LogP contribution in [0.4, 0.5) is 4.79 Å². The van der Waals surface area contributed by atoms with E-state index < -0.39 is 23.8 Å². The van der Waals surface area contributed by atoms with Crippen LogP contribution in [0.1, 0.15) is 82.5 Å². The second kappa shape index (κ2) is 13.2. The first-order valence-corrected chi connectivity index (χ1v) is 14.0. The average Bonchev–Trinajstić information content (AvgIpc) is 3.59. The third-order valence-electron chi connectivity index (χ3n) is 5.97. The minimum atomic E-state index is -0.770. The number of thioether (sulfide) groups is 1. The summed E-state index contributed by atoms with van der Waals surface area (Å²) in [5, 5.41) is 5.86. The van der Waals surface area contributed by atoms with Crippen LogP contribution >= 0.6 is 11.8 Å². The van der Waals surface area contributed by atoms with Gasteiger partial charge in [-0.1, -0.05) is 31.5 Å². The van der Waals surface area contributed by atoms with Crippen molar-refractivity contribution in [2.45, 2.75) is 97.4 Å². The molecule has 2 rings (SSSR count). The molecule has 7 nitrogen and oxygen atoms in total. The fourth-order valence-electron chi connectivity index (χ4n) is 4.13. The van der Waals surface area contributed by atoms with Crippen LogP contribution < -0.4 is 10.6 Å². The first-order chi connectivity index (χ1) is 16.5. The van der Waals surface area contributed by atoms with Gasteiger partial charge in [0.2, 0.25) is 11.8 Å². The smallest absolute Gasteiger partial charge is 0.408 e. The third kappa shape index (κ3) is 8.74. The zero-order valence-corrected chi connectivity index (χ0v) is 23.2. The van der Waals surface area contributed by atoms with Crippen LogP contribution in [0, 0.1) is 13.8 Å². The Bertz CT molecular complexity index is 859. The van der Waals surface area contributed by atoms with Gasteiger partial charge in [-0.2, -0.15) is 11.8 Å². The summed E-state index contributed by atoms with van der Waals surface area (Å²) < 4.78 is 5.44. The second-order valence-electron chi connectivity index (χ2n) is 10.3. The van der Waals surface area contributed by atoms with Gasteiger partial charge in [-0.25, -0.2) is 4.79 Å². The highest BCUT2D eigenvalue weighted by molar-refractivity contribution is 7.98. The Morgan fingerprint density at radius 3 is 2.31 bits per heavy atom. The van der Waals surface area contributed by atoms with E-state index in [1.807, 2.05) is 38.3 Å². The van der Waals surface area contributed by atoms with Crippen molar-refractivity contribution in [1.29, 1.82) is 0 Å². The minimum absolute atomic E-state index is 0.0272. The maximum atomic E-state index is 14.1. The number of alkyl carbamates (subject to hydrolysis) is 1. The van der Waals surface area contributed by atoms with Gasteiger partial charge in [-0.05, 0) is 89.0 Å². The molecule has 2 N–H and O–H groups in total. The molecule has 2 unspecified atom stereocenters. The number of hydrogen-bond acceptors (Lipinski definition) is 5. The van der Waals surface area contributed by atoms with Crippen LogP contribution in [-0.4, -0.2) is 59.0 Å². The van der Waals surface area contributed by atoms with E-state index in [2.05, 4.69) is 17.6 Å². The number of amides is 3. The lowest BCUT2D eigenvalue weighted by Crippen LogP contribution is -2.54. The van der Waals surface area contributed by atoms with Crippen LogP contribution in [0.25, 0.3) is 0 Å². The van der Waals surface area contributed by atoms with Crippen LogP contribution in [0.2, 0.25) is 0 Å². The molecule has 1 aliphatic rings. The van der Waals surface area contributed by atoms with Gasteiger partial charge in [-0.15, -0.1) is 0 Å². The Morgan fingerprint density at radius 2 is 1.80 bits per heavy atom. The standard InChI is InChI=1S/C27H43N3O4S/c1-8-9-16-28-24(31)23(22-18(2)11-10-12-19(22)3)30(20-13-14-20)25(32)21(15-17-35-7)29-26(33)34-27(4,5)6/h10-12,20-21,23H,8-9,13-17H2,1-7H3,(H,28,31)(H,29,33). The van der Waals surface area contributed by atoms with Crippen LogP contribution in [-0.2, 0) is 14.3 Å². The van der Waals surface area contributed by atoms with Crippen LogP contribution in [0.3, 0.4) is 0 Å². The van der Waals surface area contributed by atoms with E-state index in [0.29, 0.717) is 18.7 Å². The molecule has 1 aromatic carbocycles. The number of benzene rings is 1. The SMILES string of the molecule is CCCCNC(=O)C(c1c(C)cccc1C)N(C(=O)C(CCSC)NC(=O)OC(C)(C)C)C1CC1. The maximum Gasteiger partial charge on any atom is 0.408 e. The fraction of sp³-hybridized carbons (Fsp3) is 0.667. The van der Waals surface area contributed by atoms with Crippen molar-refractivity contribution >= 4 is 29.7 Å². The summed E-state index contributed by atoms with van der Waals surface area (Å²) in [7, 11) is 0. The molecule has 1 saturated carbocycles. The number of rotatable bonds is 12. The molecule has 0 aliphatic heterocycles. The number of hydrogen-bond donors (Lipinski definition) is 2. The van der Waals surface area contributed by atoms with Crippen molar-refractivity contribution in [2.24, 2.45) is 0 Å². The normalized spacial score (nSPS) is 15.2. The molecular formula is C27H43N3O4S. The fourth-order valence-corrected chi connectivity index (χ4v) is 4.61. The predicted octanol–water partition coefficient (Wildman–Crippen LogP) is 4.90. The molecule has 0 spiro atoms. The Morgan fingerprint density at radius 1 is 1.17 bits per heavy atom. The number of carbonyl (C=O) groups excluding carboxylic acids is 3. The molecule has 1 aromatic rings. The van der Waals surface area contributed by atoms with Gasteiger partial charge in [-0.3, -0.25) is 9.59 Å². The number of unbranched alkanes of at least 4 members (excludes halogenated alkanes) is 1. The molecule has 0 heterocycles. The van der Waals surface area contributed by atoms with Crippen LogP contribution in [0.5, 0.6) is 0 Å². The van der Waals surface area contributed by atoms with Crippen LogP contribution in [0.15, 0.2) is 18.2 Å². The van der Waals surface area contributed by atoms with E-state index in [1.54, 1.807) is 37.4 Å². The summed E-state index contributed by atoms with van der Waals surface area (Å²) in [6.07, 6.45) is 5.33. The van der Waals surface area contributed by atoms with E-state index in [-0.39, 0.29) is 17.9 Å². The lowest BCUT2D eigenvalue weighted by atomic mass is 9.93. The summed E-state index contributed by atoms with van der Waals surface area (Å²) in [5.74, 6) is 0.296. The van der Waals surface area contributed by atoms with Gasteiger partial charge < -0.3 is 20.3 Å². The number of nitrogens with one attached hydrogen (secondary N) is 2. The predicted molar refractivity (Wildman–Crippen MR) is 143 cm³/mol. The topological polar surface area (TPSA) is 87.7 Å². The molecule has 2 atom stereocenters. The highest BCUT2D eigenvalue weighted by atomic mass is 32.2. The van der Waals surface area contributed by atoms with E-state index in [1.165, 1.54) is 0 Å². The summed E-state index contributed by atoms with van der Waals surface area (Å²) in [6, 6.07) is 4.39. The molecule has 0 bridgehead atoms. The molecular weight excluding hydrogens is 462 g/mol. The van der Waals surface area contributed by atoms with Crippen molar-refractivity contribution in [1.82, 2.24) is 15.5 Å². The first kappa shape index (κ1) is 29.0. The van der Waals surface area contributed by atoms with Crippen molar-refractivity contribution < 1.29 is 19.1 Å². The van der Waals surface area contributed by atoms with Crippen molar-refractivity contribution in [3.05, 3.63) is 34.9 Å². The van der Waals surface area contributed by atoms with Gasteiger partial charge in [0.25, 0.3) is 0 Å². The largest absolute Gasteiger partial charge is 0.444 e. The van der Waals surface area contributed by atoms with Crippen molar-refractivity contribution in [3.8, 4) is 0 Å². The average molecular weight is 506 g/mol. The number of aryl methyl sites for hydroxylation is 2. The van der Waals surface area contributed by atoms with Crippen molar-refractivity contribution in [2.75, 3.05) is 18.6 Å². The summed E-state index contributed by atoms with van der Waals surface area (Å²) in [5.41, 5.74) is 2.13. The molecule has 0 aromatic heterocycles. The summed E-state index contributed by atoms with van der Waals surface area (Å²) in [6.45, 7) is 12.0. The van der Waals surface area contributed by atoms with Gasteiger partial charge in [0.1, 0.15) is 17.7 Å². The third-order valence-corrected chi connectivity index (χ3v) is 6.61. The molecule has 8 heteroatoms. The van der Waals surface area contributed by atoms with Gasteiger partial charge >= 0.3 is 6.09 Å². The number of carbonyl (C=O) groups is 3. The van der Waals surface area contributed by atoms with E-state index in [9.17, 15) is 14.4 Å². The minimum Gasteiger partial charge on any atom is -0.444 e. The molecule has 0 saturated heterocycles. The Kier molecular flexibility index (Phi) is 10.9. The van der Waals surface area contributed by atoms with Gasteiger partial charge in [0.05, 0.1) is 0 Å². The molecule has 196 valence electrons. The molecule has 3 amide bonds. The highest BCUT2D eigenvalue weighted by Crippen LogP contribution is 2.38. The lowest BCUT2D eigenvalue weighted by Gasteiger charge is -2.36. The number of ether oxygens (including phenoxy) is 1.